The maximum Gasteiger partial charge on any atom is 0.243 e. The van der Waals surface area contributed by atoms with Gasteiger partial charge in [-0.25, -0.2) is 0 Å². The molecule has 0 aliphatic carbocycles. The molecule has 1 N–H and O–H groups in total. The van der Waals surface area contributed by atoms with Gasteiger partial charge in [0.15, 0.2) is 0 Å². The quantitative estimate of drug-likeness (QED) is 0.817. The second-order valence-corrected chi connectivity index (χ2v) is 7.13. The van der Waals surface area contributed by atoms with Crippen LogP contribution >= 0.6 is 0 Å². The van der Waals surface area contributed by atoms with Crippen molar-refractivity contribution in [2.45, 2.75) is 33.4 Å². The lowest BCUT2D eigenvalue weighted by Gasteiger charge is -2.28. The lowest BCUT2D eigenvalue weighted by atomic mass is 10.1. The van der Waals surface area contributed by atoms with Crippen LogP contribution in [-0.2, 0) is 16.1 Å². The van der Waals surface area contributed by atoms with Crippen molar-refractivity contribution >= 4 is 17.5 Å². The Bertz CT molecular complexity index is 786. The minimum Gasteiger partial charge on any atom is -0.335 e. The largest absolute Gasteiger partial charge is 0.335 e. The fraction of sp³-hybridized carbons (Fsp3) is 0.364. The Morgan fingerprint density at radius 1 is 1.00 bits per heavy atom. The van der Waals surface area contributed by atoms with E-state index in [2.05, 4.69) is 24.4 Å². The summed E-state index contributed by atoms with van der Waals surface area (Å²) in [4.78, 5) is 28.4. The van der Waals surface area contributed by atoms with E-state index in [4.69, 9.17) is 0 Å². The normalized spacial score (nSPS) is 11.9. The molecule has 1 atom stereocenters. The molecule has 2 aromatic carbocycles. The van der Waals surface area contributed by atoms with E-state index in [0.717, 1.165) is 11.3 Å². The molecule has 0 spiro atoms. The Morgan fingerprint density at radius 3 is 2.26 bits per heavy atom. The monoisotopic (exact) mass is 367 g/mol. The third-order valence-electron chi connectivity index (χ3n) is 4.79. The highest BCUT2D eigenvalue weighted by Gasteiger charge is 2.23. The molecule has 2 aromatic rings. The van der Waals surface area contributed by atoms with Gasteiger partial charge in [0.05, 0.1) is 12.6 Å². The molecule has 5 nitrogen and oxygen atoms in total. The average molecular weight is 367 g/mol. The SMILES string of the molecule is Cc1ccc(NC(=O)CN(C)C(=O)C(C)N(C)Cc2ccccc2C)cc1. The van der Waals surface area contributed by atoms with E-state index < -0.39 is 0 Å². The average Bonchev–Trinajstić information content (AvgIpc) is 2.64. The van der Waals surface area contributed by atoms with Crippen LogP contribution < -0.4 is 5.32 Å². The second kappa shape index (κ2) is 9.33. The molecule has 0 radical (unpaired) electrons. The van der Waals surface area contributed by atoms with Gasteiger partial charge in [0.25, 0.3) is 0 Å². The lowest BCUT2D eigenvalue weighted by Crippen LogP contribution is -2.46. The molecule has 0 aliphatic heterocycles. The van der Waals surface area contributed by atoms with Crippen molar-refractivity contribution in [1.82, 2.24) is 9.80 Å². The third-order valence-corrected chi connectivity index (χ3v) is 4.79. The fourth-order valence-electron chi connectivity index (χ4n) is 2.83. The molecular formula is C22H29N3O2. The maximum absolute atomic E-state index is 12.7. The van der Waals surface area contributed by atoms with E-state index in [1.54, 1.807) is 7.05 Å². The zero-order valence-corrected chi connectivity index (χ0v) is 16.8. The number of hydrogen-bond acceptors (Lipinski definition) is 3. The van der Waals surface area contributed by atoms with Crippen LogP contribution in [0.5, 0.6) is 0 Å². The fourth-order valence-corrected chi connectivity index (χ4v) is 2.83. The molecule has 0 aliphatic rings. The number of carbonyl (C=O) groups is 2. The van der Waals surface area contributed by atoms with E-state index in [1.165, 1.54) is 16.0 Å². The number of likely N-dealkylation sites (N-methyl/N-ethyl adjacent to an activating group) is 2. The van der Waals surface area contributed by atoms with E-state index in [1.807, 2.05) is 62.2 Å². The summed E-state index contributed by atoms with van der Waals surface area (Å²) in [5.41, 5.74) is 4.26. The number of carbonyl (C=O) groups excluding carboxylic acids is 2. The highest BCUT2D eigenvalue weighted by Crippen LogP contribution is 2.13. The maximum atomic E-state index is 12.7. The molecule has 27 heavy (non-hydrogen) atoms. The highest BCUT2D eigenvalue weighted by atomic mass is 16.2. The van der Waals surface area contributed by atoms with Crippen LogP contribution in [0.1, 0.15) is 23.6 Å². The van der Waals surface area contributed by atoms with Crippen LogP contribution in [0.25, 0.3) is 0 Å². The van der Waals surface area contributed by atoms with Crippen LogP contribution in [0, 0.1) is 13.8 Å². The first-order valence-electron chi connectivity index (χ1n) is 9.14. The van der Waals surface area contributed by atoms with Crippen molar-refractivity contribution in [3.8, 4) is 0 Å². The van der Waals surface area contributed by atoms with E-state index >= 15 is 0 Å². The third kappa shape index (κ3) is 5.93. The molecule has 2 amide bonds. The molecule has 0 saturated heterocycles. The predicted molar refractivity (Wildman–Crippen MR) is 110 cm³/mol. The number of benzene rings is 2. The van der Waals surface area contributed by atoms with Gasteiger partial charge < -0.3 is 10.2 Å². The second-order valence-electron chi connectivity index (χ2n) is 7.13. The Labute approximate surface area is 162 Å². The van der Waals surface area contributed by atoms with Crippen LogP contribution in [0.2, 0.25) is 0 Å². The Kier molecular flexibility index (Phi) is 7.13. The van der Waals surface area contributed by atoms with Gasteiger partial charge in [-0.1, -0.05) is 42.0 Å². The molecule has 0 bridgehead atoms. The van der Waals surface area contributed by atoms with Gasteiger partial charge >= 0.3 is 0 Å². The first kappa shape index (κ1) is 20.6. The number of anilines is 1. The molecule has 0 heterocycles. The van der Waals surface area contributed by atoms with Crippen LogP contribution in [0.3, 0.4) is 0 Å². The molecule has 5 heteroatoms. The Hall–Kier alpha value is -2.66. The van der Waals surface area contributed by atoms with E-state index in [0.29, 0.717) is 6.54 Å². The number of hydrogen-bond donors (Lipinski definition) is 1. The number of rotatable bonds is 7. The van der Waals surface area contributed by atoms with Crippen LogP contribution in [0.4, 0.5) is 5.69 Å². The summed E-state index contributed by atoms with van der Waals surface area (Å²) in [7, 11) is 3.59. The summed E-state index contributed by atoms with van der Waals surface area (Å²) in [5, 5.41) is 2.82. The van der Waals surface area contributed by atoms with Gasteiger partial charge in [-0.15, -0.1) is 0 Å². The number of amides is 2. The van der Waals surface area contributed by atoms with Gasteiger partial charge in [-0.3, -0.25) is 14.5 Å². The van der Waals surface area contributed by atoms with E-state index in [9.17, 15) is 9.59 Å². The molecule has 0 fully saturated rings. The number of nitrogens with one attached hydrogen (secondary N) is 1. The van der Waals surface area contributed by atoms with Crippen LogP contribution in [0.15, 0.2) is 48.5 Å². The standard InChI is InChI=1S/C22H29N3O2/c1-16-10-12-20(13-11-16)23-21(26)15-25(5)22(27)18(3)24(4)14-19-9-7-6-8-17(19)2/h6-13,18H,14-15H2,1-5H3,(H,23,26). The first-order valence-corrected chi connectivity index (χ1v) is 9.14. The van der Waals surface area contributed by atoms with Gasteiger partial charge in [0.1, 0.15) is 0 Å². The van der Waals surface area contributed by atoms with Gasteiger partial charge in [0.2, 0.25) is 11.8 Å². The molecular weight excluding hydrogens is 338 g/mol. The van der Waals surface area contributed by atoms with Crippen molar-refractivity contribution in [2.75, 3.05) is 26.0 Å². The molecule has 1 unspecified atom stereocenters. The number of aryl methyl sites for hydroxylation is 2. The zero-order chi connectivity index (χ0) is 20.0. The zero-order valence-electron chi connectivity index (χ0n) is 16.8. The topological polar surface area (TPSA) is 52.7 Å². The minimum absolute atomic E-state index is 0.0231. The molecule has 2 rings (SSSR count). The predicted octanol–water partition coefficient (Wildman–Crippen LogP) is 3.22. The summed E-state index contributed by atoms with van der Waals surface area (Å²) in [6.07, 6.45) is 0. The molecule has 144 valence electrons. The summed E-state index contributed by atoms with van der Waals surface area (Å²) in [5.74, 6) is -0.284. The van der Waals surface area contributed by atoms with Crippen molar-refractivity contribution in [3.63, 3.8) is 0 Å². The summed E-state index contributed by atoms with van der Waals surface area (Å²) in [6.45, 7) is 6.64. The first-order chi connectivity index (χ1) is 12.8. The molecule has 0 aromatic heterocycles. The van der Waals surface area contributed by atoms with Gasteiger partial charge in [-0.2, -0.15) is 0 Å². The summed E-state index contributed by atoms with van der Waals surface area (Å²) in [6, 6.07) is 15.4. The minimum atomic E-state index is -0.318. The van der Waals surface area contributed by atoms with Crippen molar-refractivity contribution in [1.29, 1.82) is 0 Å². The van der Waals surface area contributed by atoms with E-state index in [-0.39, 0.29) is 24.4 Å². The summed E-state index contributed by atoms with van der Waals surface area (Å²) < 4.78 is 0. The lowest BCUT2D eigenvalue weighted by molar-refractivity contribution is -0.137. The summed E-state index contributed by atoms with van der Waals surface area (Å²) >= 11 is 0. The Morgan fingerprint density at radius 2 is 1.63 bits per heavy atom. The smallest absolute Gasteiger partial charge is 0.243 e. The van der Waals surface area contributed by atoms with Gasteiger partial charge in [0, 0.05) is 19.3 Å². The highest BCUT2D eigenvalue weighted by molar-refractivity contribution is 5.95. The Balaban J connectivity index is 1.89. The van der Waals surface area contributed by atoms with Crippen molar-refractivity contribution in [2.24, 2.45) is 0 Å². The van der Waals surface area contributed by atoms with Crippen molar-refractivity contribution in [3.05, 3.63) is 65.2 Å². The van der Waals surface area contributed by atoms with Crippen molar-refractivity contribution < 1.29 is 9.59 Å². The van der Waals surface area contributed by atoms with Gasteiger partial charge in [-0.05, 0) is 51.1 Å². The molecule has 0 saturated carbocycles. The van der Waals surface area contributed by atoms with Crippen LogP contribution in [-0.4, -0.2) is 48.3 Å². The number of nitrogens with zero attached hydrogens (tertiary/aromatic N) is 2.